The third-order valence-corrected chi connectivity index (χ3v) is 4.49. The molecule has 1 saturated heterocycles. The molecule has 1 amide bonds. The summed E-state index contributed by atoms with van der Waals surface area (Å²) in [5.41, 5.74) is 0.748. The van der Waals surface area contributed by atoms with E-state index in [1.165, 1.54) is 0 Å². The Morgan fingerprint density at radius 3 is 2.79 bits per heavy atom. The molecule has 6 nitrogen and oxygen atoms in total. The number of nitrogens with zero attached hydrogens (tertiary/aromatic N) is 1. The number of benzene rings is 1. The molecule has 1 N–H and O–H groups in total. The Morgan fingerprint density at radius 1 is 1.42 bits per heavy atom. The van der Waals surface area contributed by atoms with Crippen LogP contribution < -0.4 is 9.47 Å². The topological polar surface area (TPSA) is 76.1 Å². The number of rotatable bonds is 7. The van der Waals surface area contributed by atoms with E-state index in [2.05, 4.69) is 0 Å². The third-order valence-electron chi connectivity index (χ3n) is 3.11. The minimum absolute atomic E-state index is 0.240. The zero-order valence-corrected chi connectivity index (χ0v) is 14.9. The summed E-state index contributed by atoms with van der Waals surface area (Å²) in [7, 11) is 1.56. The maximum atomic E-state index is 12.3. The van der Waals surface area contributed by atoms with Gasteiger partial charge in [0.1, 0.15) is 10.9 Å². The molecular weight excluding hydrogens is 350 g/mol. The molecule has 1 aliphatic heterocycles. The van der Waals surface area contributed by atoms with Crippen molar-refractivity contribution in [2.24, 2.45) is 0 Å². The third kappa shape index (κ3) is 4.27. The van der Waals surface area contributed by atoms with Gasteiger partial charge in [0.15, 0.2) is 11.5 Å². The Balaban J connectivity index is 2.26. The minimum Gasteiger partial charge on any atom is -0.493 e. The summed E-state index contributed by atoms with van der Waals surface area (Å²) in [5, 5.41) is 8.85. The monoisotopic (exact) mass is 367 g/mol. The van der Waals surface area contributed by atoms with Gasteiger partial charge in [0, 0.05) is 0 Å². The largest absolute Gasteiger partial charge is 0.493 e. The van der Waals surface area contributed by atoms with E-state index in [4.69, 9.17) is 26.8 Å². The van der Waals surface area contributed by atoms with Crippen LogP contribution in [0, 0.1) is 0 Å². The molecule has 2 rings (SSSR count). The van der Waals surface area contributed by atoms with Gasteiger partial charge in [-0.1, -0.05) is 37.0 Å². The van der Waals surface area contributed by atoms with Crippen molar-refractivity contribution >= 4 is 46.3 Å². The molecule has 0 bridgehead atoms. The molecule has 1 aromatic carbocycles. The van der Waals surface area contributed by atoms with Gasteiger partial charge < -0.3 is 14.6 Å². The van der Waals surface area contributed by atoms with E-state index in [0.29, 0.717) is 23.0 Å². The van der Waals surface area contributed by atoms with E-state index < -0.39 is 18.4 Å². The maximum Gasteiger partial charge on any atom is 0.323 e. The number of thioether (sulfide) groups is 1. The average molecular weight is 367 g/mol. The molecule has 0 aromatic heterocycles. The molecule has 0 saturated carbocycles. The van der Waals surface area contributed by atoms with Gasteiger partial charge in [-0.25, -0.2) is 0 Å². The molecule has 1 aliphatic rings. The van der Waals surface area contributed by atoms with Crippen molar-refractivity contribution in [3.63, 3.8) is 0 Å². The van der Waals surface area contributed by atoms with Crippen LogP contribution >= 0.6 is 24.0 Å². The Hall–Kier alpha value is -2.06. The molecular formula is C16H17NO5S2. The summed E-state index contributed by atoms with van der Waals surface area (Å²) in [6, 6.07) is 5.33. The van der Waals surface area contributed by atoms with E-state index in [1.54, 1.807) is 31.4 Å². The second-order valence-electron chi connectivity index (χ2n) is 4.92. The SMILES string of the molecule is CCCOc1cc(/C=C2\SC(=S)N(CC(=O)O)C2=O)ccc1OC. The number of carboxylic acid groups (broad SMARTS) is 1. The molecule has 24 heavy (non-hydrogen) atoms. The molecule has 0 atom stereocenters. The number of methoxy groups -OCH3 is 1. The Morgan fingerprint density at radius 2 is 2.17 bits per heavy atom. The van der Waals surface area contributed by atoms with Crippen LogP contribution in [0.4, 0.5) is 0 Å². The zero-order valence-electron chi connectivity index (χ0n) is 13.3. The lowest BCUT2D eigenvalue weighted by Crippen LogP contribution is -2.33. The molecule has 1 aromatic rings. The fraction of sp³-hybridized carbons (Fsp3) is 0.312. The van der Waals surface area contributed by atoms with Crippen molar-refractivity contribution in [2.75, 3.05) is 20.3 Å². The number of hydrogen-bond donors (Lipinski definition) is 1. The van der Waals surface area contributed by atoms with Gasteiger partial charge in [0.25, 0.3) is 5.91 Å². The van der Waals surface area contributed by atoms with Gasteiger partial charge in [0.05, 0.1) is 18.6 Å². The summed E-state index contributed by atoms with van der Waals surface area (Å²) in [6.45, 7) is 2.13. The zero-order chi connectivity index (χ0) is 17.7. The van der Waals surface area contributed by atoms with Crippen LogP contribution in [0.3, 0.4) is 0 Å². The highest BCUT2D eigenvalue weighted by Crippen LogP contribution is 2.34. The number of hydrogen-bond acceptors (Lipinski definition) is 6. The van der Waals surface area contributed by atoms with Crippen molar-refractivity contribution in [3.05, 3.63) is 28.7 Å². The summed E-state index contributed by atoms with van der Waals surface area (Å²) < 4.78 is 11.1. The lowest BCUT2D eigenvalue weighted by molar-refractivity contribution is -0.140. The minimum atomic E-state index is -1.10. The highest BCUT2D eigenvalue weighted by molar-refractivity contribution is 8.26. The molecule has 0 aliphatic carbocycles. The number of carbonyl (C=O) groups is 2. The van der Waals surface area contributed by atoms with Gasteiger partial charge in [-0.05, 0) is 30.2 Å². The number of carbonyl (C=O) groups excluding carboxylic acids is 1. The number of aliphatic carboxylic acids is 1. The predicted molar refractivity (Wildman–Crippen MR) is 96.3 cm³/mol. The van der Waals surface area contributed by atoms with Gasteiger partial charge >= 0.3 is 5.97 Å². The Kier molecular flexibility index (Phi) is 6.22. The van der Waals surface area contributed by atoms with Gasteiger partial charge in [-0.15, -0.1) is 0 Å². The Bertz CT molecular complexity index is 702. The van der Waals surface area contributed by atoms with Crippen LogP contribution in [0.15, 0.2) is 23.1 Å². The first-order chi connectivity index (χ1) is 11.5. The summed E-state index contributed by atoms with van der Waals surface area (Å²) in [4.78, 5) is 24.5. The summed E-state index contributed by atoms with van der Waals surface area (Å²) in [5.74, 6) is -0.306. The quantitative estimate of drug-likeness (QED) is 0.586. The normalized spacial score (nSPS) is 15.9. The van der Waals surface area contributed by atoms with Crippen LogP contribution in [0.25, 0.3) is 6.08 Å². The lowest BCUT2D eigenvalue weighted by Gasteiger charge is -2.11. The molecule has 8 heteroatoms. The van der Waals surface area contributed by atoms with Crippen LogP contribution in [-0.2, 0) is 9.59 Å². The standard InChI is InChI=1S/C16H17NO5S2/c1-3-6-22-12-7-10(4-5-11(12)21-2)8-13-15(20)17(9-14(18)19)16(23)24-13/h4-5,7-8H,3,6,9H2,1-2H3,(H,18,19)/b13-8-. The van der Waals surface area contributed by atoms with E-state index in [9.17, 15) is 9.59 Å². The van der Waals surface area contributed by atoms with E-state index in [1.807, 2.05) is 6.92 Å². The van der Waals surface area contributed by atoms with E-state index >= 15 is 0 Å². The average Bonchev–Trinajstić information content (AvgIpc) is 2.80. The van der Waals surface area contributed by atoms with Crippen LogP contribution in [-0.4, -0.2) is 46.5 Å². The highest BCUT2D eigenvalue weighted by Gasteiger charge is 2.33. The second-order valence-corrected chi connectivity index (χ2v) is 6.60. The lowest BCUT2D eigenvalue weighted by atomic mass is 10.2. The number of thiocarbonyl (C=S) groups is 1. The van der Waals surface area contributed by atoms with Gasteiger partial charge in [0.2, 0.25) is 0 Å². The Labute approximate surface area is 149 Å². The predicted octanol–water partition coefficient (Wildman–Crippen LogP) is 2.77. The fourth-order valence-electron chi connectivity index (χ4n) is 2.03. The number of carboxylic acids is 1. The molecule has 0 spiro atoms. The van der Waals surface area contributed by atoms with Crippen LogP contribution in [0.2, 0.25) is 0 Å². The van der Waals surface area contributed by atoms with Crippen molar-refractivity contribution in [3.8, 4) is 11.5 Å². The van der Waals surface area contributed by atoms with Crippen LogP contribution in [0.1, 0.15) is 18.9 Å². The first kappa shape index (κ1) is 18.3. The van der Waals surface area contributed by atoms with Crippen molar-refractivity contribution in [1.29, 1.82) is 0 Å². The van der Waals surface area contributed by atoms with Crippen LogP contribution in [0.5, 0.6) is 11.5 Å². The van der Waals surface area contributed by atoms with E-state index in [-0.39, 0.29) is 4.32 Å². The smallest absolute Gasteiger partial charge is 0.323 e. The number of ether oxygens (including phenoxy) is 2. The fourth-order valence-corrected chi connectivity index (χ4v) is 3.29. The van der Waals surface area contributed by atoms with Gasteiger partial charge in [-0.3, -0.25) is 14.5 Å². The molecule has 0 unspecified atom stereocenters. The van der Waals surface area contributed by atoms with Gasteiger partial charge in [-0.2, -0.15) is 0 Å². The van der Waals surface area contributed by atoms with Crippen molar-refractivity contribution < 1.29 is 24.2 Å². The molecule has 1 heterocycles. The number of amides is 1. The van der Waals surface area contributed by atoms with Crippen molar-refractivity contribution in [1.82, 2.24) is 4.90 Å². The first-order valence-electron chi connectivity index (χ1n) is 7.24. The van der Waals surface area contributed by atoms with E-state index in [0.717, 1.165) is 28.6 Å². The van der Waals surface area contributed by atoms with Crippen molar-refractivity contribution in [2.45, 2.75) is 13.3 Å². The summed E-state index contributed by atoms with van der Waals surface area (Å²) >= 11 is 6.16. The second kappa shape index (κ2) is 8.16. The molecule has 1 fully saturated rings. The molecule has 0 radical (unpaired) electrons. The first-order valence-corrected chi connectivity index (χ1v) is 8.46. The summed E-state index contributed by atoms with van der Waals surface area (Å²) in [6.07, 6.45) is 2.53. The highest BCUT2D eigenvalue weighted by atomic mass is 32.2. The molecule has 128 valence electrons. The maximum absolute atomic E-state index is 12.3.